The molecule has 1 aliphatic rings. The molecular weight excluding hydrogens is 263 g/mol. The lowest BCUT2D eigenvalue weighted by Gasteiger charge is -2.01. The number of cyclic esters (lactones) is 2. The van der Waals surface area contributed by atoms with Crippen molar-refractivity contribution < 1.29 is 37.7 Å². The summed E-state index contributed by atoms with van der Waals surface area (Å²) in [4.78, 5) is 30.6. The topological polar surface area (TPSA) is 88.1 Å². The summed E-state index contributed by atoms with van der Waals surface area (Å²) < 4.78 is 28.5. The van der Waals surface area contributed by atoms with Crippen molar-refractivity contribution >= 4 is 18.1 Å². The van der Waals surface area contributed by atoms with Crippen LogP contribution in [0.15, 0.2) is 25.3 Å². The second kappa shape index (κ2) is 9.63. The highest BCUT2D eigenvalue weighted by Gasteiger charge is 2.23. The minimum atomic E-state index is -1.55. The highest BCUT2D eigenvalue weighted by molar-refractivity contribution is 5.81. The van der Waals surface area contributed by atoms with Crippen LogP contribution in [0.2, 0.25) is 0 Å². The lowest BCUT2D eigenvalue weighted by atomic mass is 10.6. The van der Waals surface area contributed by atoms with Gasteiger partial charge < -0.3 is 18.9 Å². The molecule has 0 saturated carbocycles. The highest BCUT2D eigenvalue weighted by Crippen LogP contribution is 2.05. The average molecular weight is 276 g/mol. The SMILES string of the molecule is C=CC(=O)OCCOC(=O)C=C.O=C1OCC(F)O1. The van der Waals surface area contributed by atoms with Crippen LogP contribution in [-0.2, 0) is 28.5 Å². The van der Waals surface area contributed by atoms with E-state index in [0.29, 0.717) is 0 Å². The van der Waals surface area contributed by atoms with Crippen LogP contribution in [0, 0.1) is 0 Å². The minimum absolute atomic E-state index is 0.0322. The molecule has 106 valence electrons. The van der Waals surface area contributed by atoms with Crippen LogP contribution in [0.4, 0.5) is 9.18 Å². The average Bonchev–Trinajstić information content (AvgIpc) is 2.78. The van der Waals surface area contributed by atoms with Gasteiger partial charge in [-0.1, -0.05) is 13.2 Å². The summed E-state index contributed by atoms with van der Waals surface area (Å²) in [6.07, 6.45) is -0.398. The van der Waals surface area contributed by atoms with E-state index in [9.17, 15) is 18.8 Å². The smallest absolute Gasteiger partial charge is 0.459 e. The monoisotopic (exact) mass is 276 g/mol. The van der Waals surface area contributed by atoms with Crippen LogP contribution in [0.25, 0.3) is 0 Å². The Hall–Kier alpha value is -2.38. The van der Waals surface area contributed by atoms with Gasteiger partial charge in [0.25, 0.3) is 6.36 Å². The standard InChI is InChI=1S/C8H10O4.C3H3FO3/c1-3-7(9)11-5-6-12-8(10)4-2;4-2-1-6-3(5)7-2/h3-4H,1-2,5-6H2;2H,1H2. The Morgan fingerprint density at radius 3 is 1.95 bits per heavy atom. The lowest BCUT2D eigenvalue weighted by molar-refractivity contribution is -0.146. The van der Waals surface area contributed by atoms with E-state index in [1.807, 2.05) is 0 Å². The number of alkyl halides is 1. The molecule has 0 amide bonds. The first-order chi connectivity index (χ1) is 8.99. The van der Waals surface area contributed by atoms with Crippen molar-refractivity contribution in [2.45, 2.75) is 6.36 Å². The molecule has 1 unspecified atom stereocenters. The fraction of sp³-hybridized carbons (Fsp3) is 0.364. The molecule has 1 atom stereocenters. The van der Waals surface area contributed by atoms with Gasteiger partial charge in [-0.2, -0.15) is 4.39 Å². The molecule has 19 heavy (non-hydrogen) atoms. The zero-order valence-corrected chi connectivity index (χ0v) is 10.0. The van der Waals surface area contributed by atoms with Gasteiger partial charge in [-0.15, -0.1) is 0 Å². The molecule has 8 heteroatoms. The molecule has 0 aromatic rings. The van der Waals surface area contributed by atoms with E-state index in [2.05, 4.69) is 32.1 Å². The van der Waals surface area contributed by atoms with E-state index in [0.717, 1.165) is 12.2 Å². The van der Waals surface area contributed by atoms with Gasteiger partial charge in [0.05, 0.1) is 0 Å². The predicted molar refractivity (Wildman–Crippen MR) is 59.6 cm³/mol. The fourth-order valence-corrected chi connectivity index (χ4v) is 0.708. The van der Waals surface area contributed by atoms with E-state index >= 15 is 0 Å². The zero-order valence-electron chi connectivity index (χ0n) is 10.0. The largest absolute Gasteiger partial charge is 0.511 e. The van der Waals surface area contributed by atoms with Crippen molar-refractivity contribution in [3.8, 4) is 0 Å². The number of ether oxygens (including phenoxy) is 4. The van der Waals surface area contributed by atoms with E-state index in [4.69, 9.17) is 0 Å². The number of rotatable bonds is 5. The molecule has 1 heterocycles. The predicted octanol–water partition coefficient (Wildman–Crippen LogP) is 0.894. The molecule has 1 saturated heterocycles. The number of carbonyl (C=O) groups excluding carboxylic acids is 3. The first kappa shape index (κ1) is 16.6. The van der Waals surface area contributed by atoms with Crippen molar-refractivity contribution in [3.63, 3.8) is 0 Å². The number of carbonyl (C=O) groups is 3. The first-order valence-electron chi connectivity index (χ1n) is 5.05. The fourth-order valence-electron chi connectivity index (χ4n) is 0.708. The summed E-state index contributed by atoms with van der Waals surface area (Å²) in [6, 6.07) is 0. The lowest BCUT2D eigenvalue weighted by Crippen LogP contribution is -2.10. The van der Waals surface area contributed by atoms with Crippen LogP contribution in [-0.4, -0.2) is 44.3 Å². The second-order valence-corrected chi connectivity index (χ2v) is 2.83. The number of halogens is 1. The van der Waals surface area contributed by atoms with Gasteiger partial charge in [0, 0.05) is 12.2 Å². The zero-order chi connectivity index (χ0) is 14.7. The third-order valence-electron chi connectivity index (χ3n) is 1.46. The van der Waals surface area contributed by atoms with Gasteiger partial charge in [0.1, 0.15) is 13.2 Å². The summed E-state index contributed by atoms with van der Waals surface area (Å²) in [7, 11) is 0. The third kappa shape index (κ3) is 9.33. The maximum absolute atomic E-state index is 11.6. The molecule has 0 aliphatic carbocycles. The van der Waals surface area contributed by atoms with Crippen molar-refractivity contribution in [1.29, 1.82) is 0 Å². The maximum Gasteiger partial charge on any atom is 0.511 e. The Balaban J connectivity index is 0.000000388. The van der Waals surface area contributed by atoms with Crippen LogP contribution in [0.5, 0.6) is 0 Å². The number of esters is 2. The molecule has 0 radical (unpaired) electrons. The molecule has 1 rings (SSSR count). The Morgan fingerprint density at radius 2 is 1.74 bits per heavy atom. The molecule has 0 aromatic heterocycles. The summed E-state index contributed by atoms with van der Waals surface area (Å²) in [6.45, 7) is 6.18. The van der Waals surface area contributed by atoms with Gasteiger partial charge in [-0.05, 0) is 0 Å². The van der Waals surface area contributed by atoms with Gasteiger partial charge in [-0.3, -0.25) is 0 Å². The Kier molecular flexibility index (Phi) is 8.42. The Morgan fingerprint density at radius 1 is 1.26 bits per heavy atom. The van der Waals surface area contributed by atoms with Gasteiger partial charge >= 0.3 is 18.1 Å². The molecule has 0 bridgehead atoms. The normalized spacial score (nSPS) is 16.1. The quantitative estimate of drug-likeness (QED) is 0.319. The van der Waals surface area contributed by atoms with Crippen molar-refractivity contribution in [1.82, 2.24) is 0 Å². The van der Waals surface area contributed by atoms with E-state index in [-0.39, 0.29) is 19.8 Å². The molecule has 0 N–H and O–H groups in total. The molecule has 0 aromatic carbocycles. The summed E-state index contributed by atoms with van der Waals surface area (Å²) in [5, 5.41) is 0. The van der Waals surface area contributed by atoms with Crippen molar-refractivity contribution in [2.24, 2.45) is 0 Å². The van der Waals surface area contributed by atoms with Gasteiger partial charge in [0.15, 0.2) is 6.61 Å². The van der Waals surface area contributed by atoms with Crippen LogP contribution in [0.3, 0.4) is 0 Å². The number of hydrogen-bond donors (Lipinski definition) is 0. The summed E-state index contributed by atoms with van der Waals surface area (Å²) in [5.41, 5.74) is 0. The molecule has 1 fully saturated rings. The van der Waals surface area contributed by atoms with E-state index in [1.54, 1.807) is 0 Å². The number of hydrogen-bond acceptors (Lipinski definition) is 7. The maximum atomic E-state index is 11.6. The molecule has 1 aliphatic heterocycles. The summed E-state index contributed by atoms with van der Waals surface area (Å²) >= 11 is 0. The minimum Gasteiger partial charge on any atom is -0.459 e. The van der Waals surface area contributed by atoms with Gasteiger partial charge in [-0.25, -0.2) is 14.4 Å². The Labute approximate surface area is 108 Å². The third-order valence-corrected chi connectivity index (χ3v) is 1.46. The highest BCUT2D eigenvalue weighted by atomic mass is 19.1. The van der Waals surface area contributed by atoms with E-state index in [1.165, 1.54) is 0 Å². The second-order valence-electron chi connectivity index (χ2n) is 2.83. The Bertz CT molecular complexity index is 331. The van der Waals surface area contributed by atoms with Crippen molar-refractivity contribution in [2.75, 3.05) is 19.8 Å². The van der Waals surface area contributed by atoms with Gasteiger partial charge in [0.2, 0.25) is 0 Å². The van der Waals surface area contributed by atoms with Crippen LogP contribution < -0.4 is 0 Å². The molecule has 7 nitrogen and oxygen atoms in total. The molecular formula is C11H13FO7. The first-order valence-corrected chi connectivity index (χ1v) is 5.05. The van der Waals surface area contributed by atoms with Crippen LogP contribution in [0.1, 0.15) is 0 Å². The van der Waals surface area contributed by atoms with E-state index < -0.39 is 24.5 Å². The molecule has 0 spiro atoms. The summed E-state index contributed by atoms with van der Waals surface area (Å²) in [5.74, 6) is -1.07. The van der Waals surface area contributed by atoms with Crippen molar-refractivity contribution in [3.05, 3.63) is 25.3 Å². The van der Waals surface area contributed by atoms with Crippen LogP contribution >= 0.6 is 0 Å².